The summed E-state index contributed by atoms with van der Waals surface area (Å²) < 4.78 is 0. The molecule has 0 saturated heterocycles. The Kier molecular flexibility index (Phi) is 4.52. The predicted octanol–water partition coefficient (Wildman–Crippen LogP) is 5.65. The molecule has 1 aromatic heterocycles. The molecule has 0 aliphatic rings. The molecule has 3 rings (SSSR count). The average Bonchev–Trinajstić information content (AvgIpc) is 2.53. The normalized spacial score (nSPS) is 12.5. The van der Waals surface area contributed by atoms with Crippen LogP contribution in [0.3, 0.4) is 0 Å². The van der Waals surface area contributed by atoms with Crippen molar-refractivity contribution in [3.05, 3.63) is 53.1 Å². The Labute approximate surface area is 143 Å². The minimum absolute atomic E-state index is 0.221. The van der Waals surface area contributed by atoms with E-state index in [0.29, 0.717) is 5.75 Å². The van der Waals surface area contributed by atoms with Gasteiger partial charge in [-0.15, -0.1) is 0 Å². The number of hydrogen-bond acceptors (Lipinski definition) is 3. The third-order valence-corrected chi connectivity index (χ3v) is 4.47. The molecule has 0 fully saturated rings. The number of aromatic hydroxyl groups is 1. The number of allylic oxidation sites excluding steroid dienone is 2. The Morgan fingerprint density at radius 2 is 1.75 bits per heavy atom. The maximum atomic E-state index is 10.6. The zero-order valence-electron chi connectivity index (χ0n) is 14.8. The first-order valence-electron chi connectivity index (χ1n) is 8.49. The molecule has 0 bridgehead atoms. The van der Waals surface area contributed by atoms with Crippen molar-refractivity contribution in [2.75, 3.05) is 0 Å². The largest absolute Gasteiger partial charge is 0.508 e. The lowest BCUT2D eigenvalue weighted by atomic mass is 9.92. The molecule has 24 heavy (non-hydrogen) atoms. The smallest absolute Gasteiger partial charge is 0.121 e. The van der Waals surface area contributed by atoms with Crippen LogP contribution >= 0.6 is 0 Å². The number of phenolic OH excluding ortho intramolecular Hbond substituents is 1. The van der Waals surface area contributed by atoms with E-state index in [9.17, 15) is 5.11 Å². The van der Waals surface area contributed by atoms with E-state index >= 15 is 0 Å². The molecule has 1 unspecified atom stereocenters. The Morgan fingerprint density at radius 1 is 1.12 bits per heavy atom. The fourth-order valence-electron chi connectivity index (χ4n) is 3.19. The number of aryl methyl sites for hydroxylation is 1. The summed E-state index contributed by atoms with van der Waals surface area (Å²) in [6.07, 6.45) is 4.22. The monoisotopic (exact) mass is 320 g/mol. The summed E-state index contributed by atoms with van der Waals surface area (Å²) in [5, 5.41) is 10.6. The van der Waals surface area contributed by atoms with Crippen molar-refractivity contribution in [2.45, 2.75) is 46.5 Å². The second-order valence-corrected chi connectivity index (χ2v) is 6.80. The van der Waals surface area contributed by atoms with Gasteiger partial charge in [0.05, 0.1) is 22.1 Å². The molecule has 0 radical (unpaired) electrons. The van der Waals surface area contributed by atoms with Crippen LogP contribution < -0.4 is 0 Å². The van der Waals surface area contributed by atoms with E-state index in [1.54, 1.807) is 0 Å². The SMILES string of the molecule is CC(C)=CCCC(C)c1c(O)cc(C)c2nc3ccccc3nc12. The fourth-order valence-corrected chi connectivity index (χ4v) is 3.19. The molecule has 3 nitrogen and oxygen atoms in total. The quantitative estimate of drug-likeness (QED) is 0.499. The van der Waals surface area contributed by atoms with E-state index in [0.717, 1.165) is 46.0 Å². The van der Waals surface area contributed by atoms with Gasteiger partial charge >= 0.3 is 0 Å². The summed E-state index contributed by atoms with van der Waals surface area (Å²) in [5.41, 5.74) is 6.67. The van der Waals surface area contributed by atoms with Crippen molar-refractivity contribution in [1.82, 2.24) is 9.97 Å². The van der Waals surface area contributed by atoms with Crippen molar-refractivity contribution in [1.29, 1.82) is 0 Å². The standard InChI is InChI=1S/C21H24N2O/c1-13(2)8-7-9-14(3)19-18(24)12-15(4)20-21(19)23-17-11-6-5-10-16(17)22-20/h5-6,8,10-12,14,24H,7,9H2,1-4H3. The van der Waals surface area contributed by atoms with Gasteiger partial charge in [0.2, 0.25) is 0 Å². The van der Waals surface area contributed by atoms with E-state index in [-0.39, 0.29) is 5.92 Å². The van der Waals surface area contributed by atoms with Gasteiger partial charge < -0.3 is 5.11 Å². The molecule has 124 valence electrons. The number of benzene rings is 2. The lowest BCUT2D eigenvalue weighted by Gasteiger charge is -2.17. The highest BCUT2D eigenvalue weighted by molar-refractivity contribution is 5.91. The maximum absolute atomic E-state index is 10.6. The Bertz CT molecular complexity index is 924. The molecule has 3 aromatic rings. The molecule has 0 aliphatic carbocycles. The van der Waals surface area contributed by atoms with E-state index in [1.807, 2.05) is 37.3 Å². The van der Waals surface area contributed by atoms with E-state index < -0.39 is 0 Å². The summed E-state index contributed by atoms with van der Waals surface area (Å²) in [5.74, 6) is 0.549. The number of phenols is 1. The van der Waals surface area contributed by atoms with Gasteiger partial charge in [-0.3, -0.25) is 0 Å². The van der Waals surface area contributed by atoms with Crippen LogP contribution in [0.4, 0.5) is 0 Å². The Balaban J connectivity index is 2.15. The van der Waals surface area contributed by atoms with Crippen LogP contribution in [0.15, 0.2) is 42.0 Å². The predicted molar refractivity (Wildman–Crippen MR) is 101 cm³/mol. The molecule has 1 N–H and O–H groups in total. The molecule has 1 atom stereocenters. The first kappa shape index (κ1) is 16.4. The number of rotatable bonds is 4. The third-order valence-electron chi connectivity index (χ3n) is 4.47. The van der Waals surface area contributed by atoms with Gasteiger partial charge in [-0.05, 0) is 63.3 Å². The first-order chi connectivity index (χ1) is 11.5. The number of fused-ring (bicyclic) bond motifs is 2. The van der Waals surface area contributed by atoms with Crippen LogP contribution in [0.1, 0.15) is 50.7 Å². The first-order valence-corrected chi connectivity index (χ1v) is 8.49. The summed E-state index contributed by atoms with van der Waals surface area (Å²) in [7, 11) is 0. The van der Waals surface area contributed by atoms with Crippen LogP contribution in [-0.2, 0) is 0 Å². The van der Waals surface area contributed by atoms with Crippen molar-refractivity contribution < 1.29 is 5.11 Å². The zero-order chi connectivity index (χ0) is 17.3. The lowest BCUT2D eigenvalue weighted by molar-refractivity contribution is 0.462. The Morgan fingerprint density at radius 3 is 2.38 bits per heavy atom. The number of para-hydroxylation sites is 2. The third kappa shape index (κ3) is 3.12. The van der Waals surface area contributed by atoms with Crippen molar-refractivity contribution in [2.24, 2.45) is 0 Å². The molecule has 0 spiro atoms. The molecule has 0 saturated carbocycles. The minimum Gasteiger partial charge on any atom is -0.508 e. The number of aromatic nitrogens is 2. The van der Waals surface area contributed by atoms with Gasteiger partial charge in [0.25, 0.3) is 0 Å². The maximum Gasteiger partial charge on any atom is 0.121 e. The van der Waals surface area contributed by atoms with Crippen LogP contribution in [0, 0.1) is 6.92 Å². The van der Waals surface area contributed by atoms with E-state index in [2.05, 4.69) is 26.8 Å². The minimum atomic E-state index is 0.221. The summed E-state index contributed by atoms with van der Waals surface area (Å²) in [6, 6.07) is 9.71. The van der Waals surface area contributed by atoms with Gasteiger partial charge in [0, 0.05) is 5.56 Å². The van der Waals surface area contributed by atoms with Crippen molar-refractivity contribution in [3.8, 4) is 5.75 Å². The highest BCUT2D eigenvalue weighted by Crippen LogP contribution is 2.36. The van der Waals surface area contributed by atoms with E-state index in [4.69, 9.17) is 9.97 Å². The Hall–Kier alpha value is -2.42. The average molecular weight is 320 g/mol. The zero-order valence-corrected chi connectivity index (χ0v) is 14.8. The van der Waals surface area contributed by atoms with Gasteiger partial charge in [0.15, 0.2) is 0 Å². The molecule has 0 aliphatic heterocycles. The molecule has 3 heteroatoms. The summed E-state index contributed by atoms with van der Waals surface area (Å²) in [6.45, 7) is 8.35. The molecular weight excluding hydrogens is 296 g/mol. The summed E-state index contributed by atoms with van der Waals surface area (Å²) in [4.78, 5) is 9.61. The van der Waals surface area contributed by atoms with Gasteiger partial charge in [-0.2, -0.15) is 0 Å². The van der Waals surface area contributed by atoms with Crippen molar-refractivity contribution >= 4 is 22.1 Å². The number of hydrogen-bond donors (Lipinski definition) is 1. The summed E-state index contributed by atoms with van der Waals surface area (Å²) >= 11 is 0. The lowest BCUT2D eigenvalue weighted by Crippen LogP contribution is -2.00. The molecule has 2 aromatic carbocycles. The van der Waals surface area contributed by atoms with Crippen LogP contribution in [0.25, 0.3) is 22.1 Å². The molecule has 1 heterocycles. The molecule has 0 amide bonds. The second kappa shape index (κ2) is 6.60. The van der Waals surface area contributed by atoms with Crippen LogP contribution in [0.5, 0.6) is 5.75 Å². The highest BCUT2D eigenvalue weighted by atomic mass is 16.3. The van der Waals surface area contributed by atoms with Crippen LogP contribution in [0.2, 0.25) is 0 Å². The fraction of sp³-hybridized carbons (Fsp3) is 0.333. The topological polar surface area (TPSA) is 46.0 Å². The van der Waals surface area contributed by atoms with Gasteiger partial charge in [-0.25, -0.2) is 9.97 Å². The highest BCUT2D eigenvalue weighted by Gasteiger charge is 2.18. The van der Waals surface area contributed by atoms with Crippen molar-refractivity contribution in [3.63, 3.8) is 0 Å². The van der Waals surface area contributed by atoms with E-state index in [1.165, 1.54) is 5.57 Å². The van der Waals surface area contributed by atoms with Gasteiger partial charge in [-0.1, -0.05) is 30.7 Å². The van der Waals surface area contributed by atoms with Crippen LogP contribution in [-0.4, -0.2) is 15.1 Å². The second-order valence-electron chi connectivity index (χ2n) is 6.80. The number of nitrogens with zero attached hydrogens (tertiary/aromatic N) is 2. The molecular formula is C21H24N2O. The van der Waals surface area contributed by atoms with Gasteiger partial charge in [0.1, 0.15) is 5.75 Å².